The van der Waals surface area contributed by atoms with E-state index < -0.39 is 18.0 Å². The van der Waals surface area contributed by atoms with Gasteiger partial charge in [-0.3, -0.25) is 0 Å². The number of hydrogen-bond acceptors (Lipinski definition) is 6. The lowest BCUT2D eigenvalue weighted by atomic mass is 9.91. The van der Waals surface area contributed by atoms with Gasteiger partial charge in [-0.15, -0.1) is 0 Å². The Morgan fingerprint density at radius 1 is 1.08 bits per heavy atom. The number of benzene rings is 1. The molecule has 2 fully saturated rings. The summed E-state index contributed by atoms with van der Waals surface area (Å²) < 4.78 is 11.5. The quantitative estimate of drug-likeness (QED) is 0.711. The molecule has 25 heavy (non-hydrogen) atoms. The third kappa shape index (κ3) is 4.39. The second-order valence-corrected chi connectivity index (χ2v) is 7.18. The van der Waals surface area contributed by atoms with Crippen LogP contribution in [0, 0.1) is 5.92 Å². The van der Waals surface area contributed by atoms with Crippen LogP contribution < -0.4 is 0 Å². The Balaban J connectivity index is 1.50. The van der Waals surface area contributed by atoms with Crippen molar-refractivity contribution in [1.82, 2.24) is 4.90 Å². The summed E-state index contributed by atoms with van der Waals surface area (Å²) in [5.41, 5.74) is 1.57. The van der Waals surface area contributed by atoms with Crippen molar-refractivity contribution in [2.45, 2.75) is 44.4 Å². The first-order valence-corrected chi connectivity index (χ1v) is 9.09. The van der Waals surface area contributed by atoms with Crippen LogP contribution in [0.5, 0.6) is 0 Å². The predicted molar refractivity (Wildman–Crippen MR) is 92.8 cm³/mol. The molecule has 1 aromatic carbocycles. The number of β-amino-alcohol motifs (C(OH)–C–C–N with tert-alkyl or cyclic N) is 1. The van der Waals surface area contributed by atoms with Crippen LogP contribution in [0.2, 0.25) is 0 Å². The summed E-state index contributed by atoms with van der Waals surface area (Å²) in [7, 11) is 0. The molecule has 0 bridgehead atoms. The summed E-state index contributed by atoms with van der Waals surface area (Å²) in [6, 6.07) is 7.20. The number of likely N-dealkylation sites (tertiary alicyclic amines) is 1. The van der Waals surface area contributed by atoms with Crippen molar-refractivity contribution in [2.75, 3.05) is 32.8 Å². The van der Waals surface area contributed by atoms with E-state index in [4.69, 9.17) is 14.6 Å². The molecule has 140 valence electrons. The Hall–Kier alpha value is -1.02. The maximum absolute atomic E-state index is 10.6. The smallest absolute Gasteiger partial charge is 0.170 e. The zero-order valence-corrected chi connectivity index (χ0v) is 14.8. The molecule has 6 heteroatoms. The van der Waals surface area contributed by atoms with Crippen LogP contribution in [-0.4, -0.2) is 65.0 Å². The number of rotatable bonds is 6. The third-order valence-corrected chi connectivity index (χ3v) is 5.49. The molecular weight excluding hydrogens is 322 g/mol. The minimum absolute atomic E-state index is 0.0154. The van der Waals surface area contributed by atoms with E-state index in [-0.39, 0.29) is 12.5 Å². The molecule has 0 aromatic heterocycles. The fraction of sp³-hybridized carbons (Fsp3) is 0.684. The fourth-order valence-corrected chi connectivity index (χ4v) is 3.63. The van der Waals surface area contributed by atoms with E-state index in [2.05, 4.69) is 4.90 Å². The molecule has 2 aliphatic rings. The molecule has 3 rings (SSSR count). The highest BCUT2D eigenvalue weighted by Gasteiger charge is 2.40. The van der Waals surface area contributed by atoms with E-state index >= 15 is 0 Å². The maximum Gasteiger partial charge on any atom is 0.170 e. The SMILES string of the molecule is C[C@@H]([C@H](O)c1ccc(CO)cc1)[C@@H](O)CN1CCC2(CC1)OCCO2. The first-order chi connectivity index (χ1) is 12.0. The Kier molecular flexibility index (Phi) is 6.09. The average molecular weight is 351 g/mol. The molecule has 0 amide bonds. The number of hydrogen-bond donors (Lipinski definition) is 3. The molecule has 1 spiro atoms. The molecule has 0 unspecified atom stereocenters. The van der Waals surface area contributed by atoms with Gasteiger partial charge >= 0.3 is 0 Å². The zero-order chi connectivity index (χ0) is 17.9. The number of piperidine rings is 1. The van der Waals surface area contributed by atoms with E-state index in [0.29, 0.717) is 19.8 Å². The molecule has 1 aromatic rings. The molecule has 2 aliphatic heterocycles. The largest absolute Gasteiger partial charge is 0.392 e. The lowest BCUT2D eigenvalue weighted by Gasteiger charge is -2.39. The van der Waals surface area contributed by atoms with Gasteiger partial charge < -0.3 is 29.7 Å². The fourth-order valence-electron chi connectivity index (χ4n) is 3.63. The van der Waals surface area contributed by atoms with Crippen LogP contribution in [0.15, 0.2) is 24.3 Å². The standard InChI is InChI=1S/C19H29NO5/c1-14(18(23)16-4-2-15(13-21)3-5-16)17(22)12-20-8-6-19(7-9-20)24-10-11-25-19/h2-5,14,17-18,21-23H,6-13H2,1H3/t14-,17+,18+/m1/s1. The van der Waals surface area contributed by atoms with Crippen LogP contribution in [-0.2, 0) is 16.1 Å². The van der Waals surface area contributed by atoms with Gasteiger partial charge in [-0.05, 0) is 11.1 Å². The van der Waals surface area contributed by atoms with E-state index in [0.717, 1.165) is 37.1 Å². The van der Waals surface area contributed by atoms with E-state index in [1.165, 1.54) is 0 Å². The van der Waals surface area contributed by atoms with Gasteiger partial charge in [0, 0.05) is 38.4 Å². The highest BCUT2D eigenvalue weighted by molar-refractivity contribution is 5.24. The number of nitrogens with zero attached hydrogens (tertiary/aromatic N) is 1. The van der Waals surface area contributed by atoms with Crippen LogP contribution in [0.1, 0.15) is 37.0 Å². The normalized spacial score (nSPS) is 24.3. The maximum atomic E-state index is 10.6. The second kappa shape index (κ2) is 8.12. The first-order valence-electron chi connectivity index (χ1n) is 9.09. The van der Waals surface area contributed by atoms with Gasteiger partial charge in [-0.1, -0.05) is 31.2 Å². The first kappa shape index (κ1) is 18.8. The van der Waals surface area contributed by atoms with Gasteiger partial charge in [0.25, 0.3) is 0 Å². The van der Waals surface area contributed by atoms with E-state index in [1.54, 1.807) is 24.3 Å². The van der Waals surface area contributed by atoms with Crippen molar-refractivity contribution in [3.05, 3.63) is 35.4 Å². The monoisotopic (exact) mass is 351 g/mol. The topological polar surface area (TPSA) is 82.4 Å². The highest BCUT2D eigenvalue weighted by Crippen LogP contribution is 2.32. The number of ether oxygens (including phenoxy) is 2. The van der Waals surface area contributed by atoms with Crippen LogP contribution in [0.3, 0.4) is 0 Å². The Morgan fingerprint density at radius 3 is 2.24 bits per heavy atom. The van der Waals surface area contributed by atoms with Crippen molar-refractivity contribution in [2.24, 2.45) is 5.92 Å². The Bertz CT molecular complexity index is 533. The van der Waals surface area contributed by atoms with Gasteiger partial charge in [-0.25, -0.2) is 0 Å². The van der Waals surface area contributed by atoms with E-state index in [9.17, 15) is 10.2 Å². The molecule has 3 atom stereocenters. The van der Waals surface area contributed by atoms with Crippen LogP contribution in [0.25, 0.3) is 0 Å². The third-order valence-electron chi connectivity index (χ3n) is 5.49. The molecule has 3 N–H and O–H groups in total. The molecule has 0 aliphatic carbocycles. The number of aliphatic hydroxyl groups excluding tert-OH is 3. The molecular formula is C19H29NO5. The Morgan fingerprint density at radius 2 is 1.68 bits per heavy atom. The van der Waals surface area contributed by atoms with Crippen molar-refractivity contribution < 1.29 is 24.8 Å². The summed E-state index contributed by atoms with van der Waals surface area (Å²) in [4.78, 5) is 2.21. The molecule has 0 saturated carbocycles. The summed E-state index contributed by atoms with van der Waals surface area (Å²) in [6.07, 6.45) is 0.283. The highest BCUT2D eigenvalue weighted by atomic mass is 16.7. The van der Waals surface area contributed by atoms with Gasteiger partial charge in [-0.2, -0.15) is 0 Å². The summed E-state index contributed by atoms with van der Waals surface area (Å²) >= 11 is 0. The lowest BCUT2D eigenvalue weighted by Crippen LogP contribution is -2.48. The molecule has 6 nitrogen and oxygen atoms in total. The van der Waals surface area contributed by atoms with Crippen molar-refractivity contribution in [1.29, 1.82) is 0 Å². The summed E-state index contributed by atoms with van der Waals surface area (Å²) in [5, 5.41) is 30.2. The second-order valence-electron chi connectivity index (χ2n) is 7.18. The van der Waals surface area contributed by atoms with Crippen LogP contribution in [0.4, 0.5) is 0 Å². The minimum atomic E-state index is -0.736. The minimum Gasteiger partial charge on any atom is -0.392 e. The molecule has 0 radical (unpaired) electrons. The van der Waals surface area contributed by atoms with Crippen LogP contribution >= 0.6 is 0 Å². The average Bonchev–Trinajstić information content (AvgIpc) is 3.11. The molecule has 2 heterocycles. The van der Waals surface area contributed by atoms with Gasteiger partial charge in [0.05, 0.1) is 32.0 Å². The van der Waals surface area contributed by atoms with Gasteiger partial charge in [0.15, 0.2) is 5.79 Å². The summed E-state index contributed by atoms with van der Waals surface area (Å²) in [6.45, 7) is 5.36. The van der Waals surface area contributed by atoms with Gasteiger partial charge in [0.2, 0.25) is 0 Å². The van der Waals surface area contributed by atoms with Crippen molar-refractivity contribution in [3.63, 3.8) is 0 Å². The summed E-state index contributed by atoms with van der Waals surface area (Å²) in [5.74, 6) is -0.684. The number of aliphatic hydroxyl groups is 3. The lowest BCUT2D eigenvalue weighted by molar-refractivity contribution is -0.187. The van der Waals surface area contributed by atoms with Gasteiger partial charge in [0.1, 0.15) is 0 Å². The van der Waals surface area contributed by atoms with E-state index in [1.807, 2.05) is 6.92 Å². The van der Waals surface area contributed by atoms with Crippen molar-refractivity contribution in [3.8, 4) is 0 Å². The van der Waals surface area contributed by atoms with Crippen molar-refractivity contribution >= 4 is 0 Å². The zero-order valence-electron chi connectivity index (χ0n) is 14.8. The predicted octanol–water partition coefficient (Wildman–Crippen LogP) is 1.05. The molecule has 2 saturated heterocycles. The Labute approximate surface area is 149 Å².